The van der Waals surface area contributed by atoms with Gasteiger partial charge in [0.05, 0.1) is 12.6 Å². The second-order valence-electron chi connectivity index (χ2n) is 13.5. The molecule has 1 heterocycles. The van der Waals surface area contributed by atoms with Crippen LogP contribution >= 0.6 is 7.37 Å². The number of rotatable bonds is 15. The molecule has 4 aromatic carbocycles. The van der Waals surface area contributed by atoms with E-state index in [-0.39, 0.29) is 23.7 Å². The van der Waals surface area contributed by atoms with Crippen molar-refractivity contribution in [2.24, 2.45) is 0 Å². The summed E-state index contributed by atoms with van der Waals surface area (Å²) in [5.41, 5.74) is -1.20. The summed E-state index contributed by atoms with van der Waals surface area (Å²) in [6.07, 6.45) is -0.521. The Labute approximate surface area is 322 Å². The Hall–Kier alpha value is -6.24. The SMILES string of the molecule is CC(C)(C)OC(=O)C[C@H](NC(=O)Cn1c(-c2ccc(F)cc2)ncc(NC(=O)OCc2ccccc2)c1=O)C(=O)COP(=O)(c1ccccc1)c1ccccc1. The highest BCUT2D eigenvalue weighted by molar-refractivity contribution is 7.74. The molecule has 15 heteroatoms. The summed E-state index contributed by atoms with van der Waals surface area (Å²) in [5, 5.41) is 5.48. The van der Waals surface area contributed by atoms with Gasteiger partial charge in [-0.2, -0.15) is 0 Å². The van der Waals surface area contributed by atoms with Crippen molar-refractivity contribution in [2.45, 2.75) is 52.0 Å². The lowest BCUT2D eigenvalue weighted by Crippen LogP contribution is -2.47. The van der Waals surface area contributed by atoms with Gasteiger partial charge >= 0.3 is 12.1 Å². The van der Waals surface area contributed by atoms with Crippen LogP contribution < -0.4 is 26.8 Å². The number of benzene rings is 4. The highest BCUT2D eigenvalue weighted by Crippen LogP contribution is 2.44. The average molecular weight is 783 g/mol. The lowest BCUT2D eigenvalue weighted by Gasteiger charge is -2.24. The van der Waals surface area contributed by atoms with E-state index in [0.717, 1.165) is 22.9 Å². The van der Waals surface area contributed by atoms with Gasteiger partial charge in [-0.05, 0) is 74.9 Å². The van der Waals surface area contributed by atoms with E-state index in [0.29, 0.717) is 16.2 Å². The molecule has 290 valence electrons. The first-order chi connectivity index (χ1) is 26.7. The normalized spacial score (nSPS) is 11.9. The van der Waals surface area contributed by atoms with Gasteiger partial charge in [0.1, 0.15) is 48.7 Å². The Morgan fingerprint density at radius 1 is 0.839 bits per heavy atom. The van der Waals surface area contributed by atoms with E-state index < -0.39 is 73.7 Å². The minimum Gasteiger partial charge on any atom is -0.460 e. The molecule has 0 saturated heterocycles. The van der Waals surface area contributed by atoms with E-state index in [4.69, 9.17) is 14.0 Å². The van der Waals surface area contributed by atoms with Crippen LogP contribution in [0.3, 0.4) is 0 Å². The quantitative estimate of drug-likeness (QED) is 0.102. The Bertz CT molecular complexity index is 2220. The smallest absolute Gasteiger partial charge is 0.412 e. The standard InChI is InChI=1S/C41H40FN4O9P/c1-41(2,3)55-37(49)23-33(35(47)27-54-56(52,31-15-9-5-10-16-31)32-17-11-6-12-18-32)44-36(48)25-46-38(29-19-21-30(42)22-20-29)43-24-34(39(46)50)45-40(51)53-26-28-13-7-4-8-14-28/h4-22,24,33H,23,25-27H2,1-3H3,(H,44,48)(H,45,51)/t33-/m0/s1. The van der Waals surface area contributed by atoms with Crippen molar-refractivity contribution in [1.82, 2.24) is 14.9 Å². The second-order valence-corrected chi connectivity index (χ2v) is 15.8. The summed E-state index contributed by atoms with van der Waals surface area (Å²) in [7, 11) is -3.84. The third-order valence-electron chi connectivity index (χ3n) is 8.00. The maximum absolute atomic E-state index is 14.4. The molecule has 0 bridgehead atoms. The van der Waals surface area contributed by atoms with E-state index in [9.17, 15) is 32.9 Å². The number of anilines is 1. The van der Waals surface area contributed by atoms with Crippen molar-refractivity contribution in [1.29, 1.82) is 0 Å². The first-order valence-corrected chi connectivity index (χ1v) is 19.1. The lowest BCUT2D eigenvalue weighted by atomic mass is 10.1. The summed E-state index contributed by atoms with van der Waals surface area (Å²) < 4.78 is 45.7. The van der Waals surface area contributed by atoms with Crippen molar-refractivity contribution in [3.63, 3.8) is 0 Å². The number of halogens is 1. The van der Waals surface area contributed by atoms with Crippen LogP contribution in [0.2, 0.25) is 0 Å². The van der Waals surface area contributed by atoms with Gasteiger partial charge in [-0.3, -0.25) is 33.6 Å². The Balaban J connectivity index is 1.41. The molecule has 0 saturated carbocycles. The van der Waals surface area contributed by atoms with Gasteiger partial charge in [0.25, 0.3) is 12.9 Å². The second kappa shape index (κ2) is 18.4. The zero-order valence-corrected chi connectivity index (χ0v) is 31.7. The molecule has 0 aliphatic heterocycles. The highest BCUT2D eigenvalue weighted by Gasteiger charge is 2.33. The fourth-order valence-corrected chi connectivity index (χ4v) is 7.44. The summed E-state index contributed by atoms with van der Waals surface area (Å²) >= 11 is 0. The van der Waals surface area contributed by atoms with Crippen molar-refractivity contribution >= 4 is 47.4 Å². The number of hydrogen-bond acceptors (Lipinski definition) is 10. The number of nitrogens with one attached hydrogen (secondary N) is 2. The molecule has 0 radical (unpaired) electrons. The van der Waals surface area contributed by atoms with E-state index in [1.165, 1.54) is 12.1 Å². The Morgan fingerprint density at radius 3 is 1.98 bits per heavy atom. The minimum atomic E-state index is -3.84. The molecule has 0 unspecified atom stereocenters. The Morgan fingerprint density at radius 2 is 1.41 bits per heavy atom. The van der Waals surface area contributed by atoms with E-state index in [2.05, 4.69) is 15.6 Å². The number of hydrogen-bond donors (Lipinski definition) is 2. The number of esters is 1. The molecule has 13 nitrogen and oxygen atoms in total. The fraction of sp³-hybridized carbons (Fsp3) is 0.220. The molecule has 0 aliphatic carbocycles. The van der Waals surface area contributed by atoms with Gasteiger partial charge < -0.3 is 19.3 Å². The van der Waals surface area contributed by atoms with Crippen molar-refractivity contribution in [2.75, 3.05) is 11.9 Å². The van der Waals surface area contributed by atoms with Crippen LogP contribution in [-0.2, 0) is 46.1 Å². The van der Waals surface area contributed by atoms with Gasteiger partial charge in [-0.15, -0.1) is 0 Å². The average Bonchev–Trinajstić information content (AvgIpc) is 3.18. The van der Waals surface area contributed by atoms with Crippen LogP contribution in [0.1, 0.15) is 32.8 Å². The summed E-state index contributed by atoms with van der Waals surface area (Å²) in [6.45, 7) is 3.27. The van der Waals surface area contributed by atoms with E-state index >= 15 is 0 Å². The number of ketones is 1. The van der Waals surface area contributed by atoms with Crippen molar-refractivity contribution < 1.29 is 42.1 Å². The van der Waals surface area contributed by atoms with Crippen LogP contribution in [0.4, 0.5) is 14.9 Å². The molecular formula is C41H40FN4O9P. The maximum atomic E-state index is 14.4. The predicted molar refractivity (Wildman–Crippen MR) is 207 cm³/mol. The van der Waals surface area contributed by atoms with Crippen LogP contribution in [0.25, 0.3) is 11.4 Å². The Kier molecular flexibility index (Phi) is 13.4. The zero-order chi connectivity index (χ0) is 40.3. The van der Waals surface area contributed by atoms with Gasteiger partial charge in [-0.25, -0.2) is 14.2 Å². The number of ether oxygens (including phenoxy) is 2. The van der Waals surface area contributed by atoms with Crippen molar-refractivity contribution in [3.05, 3.63) is 143 Å². The van der Waals surface area contributed by atoms with E-state index in [1.807, 2.05) is 0 Å². The van der Waals surface area contributed by atoms with Crippen LogP contribution in [0.15, 0.2) is 126 Å². The molecule has 2 N–H and O–H groups in total. The number of carbonyl (C=O) groups is 4. The molecular weight excluding hydrogens is 742 g/mol. The monoisotopic (exact) mass is 782 g/mol. The lowest BCUT2D eigenvalue weighted by molar-refractivity contribution is -0.156. The largest absolute Gasteiger partial charge is 0.460 e. The van der Waals surface area contributed by atoms with Gasteiger partial charge in [0.2, 0.25) is 5.91 Å². The summed E-state index contributed by atoms with van der Waals surface area (Å²) in [5.74, 6) is -3.18. The van der Waals surface area contributed by atoms with Gasteiger partial charge in [0, 0.05) is 16.2 Å². The van der Waals surface area contributed by atoms with E-state index in [1.54, 1.807) is 112 Å². The molecule has 5 rings (SSSR count). The molecule has 1 aromatic heterocycles. The third-order valence-corrected chi connectivity index (χ3v) is 10.4. The molecule has 0 fully saturated rings. The minimum absolute atomic E-state index is 0.0710. The van der Waals surface area contributed by atoms with Gasteiger partial charge in [0.15, 0.2) is 5.78 Å². The molecule has 56 heavy (non-hydrogen) atoms. The number of nitrogens with zero attached hydrogens (tertiary/aromatic N) is 2. The zero-order valence-electron chi connectivity index (χ0n) is 30.8. The van der Waals surface area contributed by atoms with Crippen molar-refractivity contribution in [3.8, 4) is 11.4 Å². The number of Topliss-reactive ketones (excluding diaryl/α,β-unsaturated/α-hetero) is 1. The maximum Gasteiger partial charge on any atom is 0.412 e. The molecule has 5 aromatic rings. The third kappa shape index (κ3) is 11.2. The van der Waals surface area contributed by atoms with Crippen LogP contribution in [-0.4, -0.2) is 51.6 Å². The first-order valence-electron chi connectivity index (χ1n) is 17.4. The number of aromatic nitrogens is 2. The number of amides is 2. The van der Waals surface area contributed by atoms with Gasteiger partial charge in [-0.1, -0.05) is 66.7 Å². The molecule has 0 spiro atoms. The number of carbonyl (C=O) groups excluding carboxylic acids is 4. The van der Waals surface area contributed by atoms with Crippen LogP contribution in [0.5, 0.6) is 0 Å². The molecule has 2 amide bonds. The first kappa shape index (κ1) is 40.9. The van der Waals surface area contributed by atoms with Crippen LogP contribution in [0, 0.1) is 5.82 Å². The highest BCUT2D eigenvalue weighted by atomic mass is 31.2. The summed E-state index contributed by atoms with van der Waals surface area (Å²) in [6, 6.07) is 28.9. The fourth-order valence-electron chi connectivity index (χ4n) is 5.40. The summed E-state index contributed by atoms with van der Waals surface area (Å²) in [4.78, 5) is 71.3. The topological polar surface area (TPSA) is 172 Å². The molecule has 1 atom stereocenters. The molecule has 0 aliphatic rings. The predicted octanol–water partition coefficient (Wildman–Crippen LogP) is 5.53.